The predicted octanol–water partition coefficient (Wildman–Crippen LogP) is 13.9. The van der Waals surface area contributed by atoms with E-state index in [-0.39, 0.29) is 0 Å². The minimum atomic E-state index is 0.606. The zero-order chi connectivity index (χ0) is 35.1. The van der Waals surface area contributed by atoms with E-state index in [2.05, 4.69) is 163 Å². The predicted molar refractivity (Wildman–Crippen MR) is 218 cm³/mol. The van der Waals surface area contributed by atoms with E-state index in [1.54, 1.807) is 0 Å². The fraction of sp³-hybridized carbons (Fsp3) is 0. The van der Waals surface area contributed by atoms with Crippen LogP contribution in [0.2, 0.25) is 0 Å². The molecule has 0 aliphatic rings. The van der Waals surface area contributed by atoms with Crippen LogP contribution in [0.3, 0.4) is 0 Å². The molecule has 0 fully saturated rings. The molecule has 10 aromatic rings. The summed E-state index contributed by atoms with van der Waals surface area (Å²) in [4.78, 5) is 7.30. The summed E-state index contributed by atoms with van der Waals surface area (Å²) in [6, 6.07) is 67.4. The number of aromatic nitrogens is 1. The molecular weight excluding hydrogens is 649 g/mol. The fourth-order valence-corrected chi connectivity index (χ4v) is 7.29. The first-order valence-electron chi connectivity index (χ1n) is 17.8. The van der Waals surface area contributed by atoms with Gasteiger partial charge in [0.2, 0.25) is 5.89 Å². The Morgan fingerprint density at radius 3 is 1.70 bits per heavy atom. The Kier molecular flexibility index (Phi) is 7.43. The van der Waals surface area contributed by atoms with Crippen LogP contribution in [0.15, 0.2) is 203 Å². The first-order valence-corrected chi connectivity index (χ1v) is 17.8. The van der Waals surface area contributed by atoms with Gasteiger partial charge < -0.3 is 13.7 Å². The fourth-order valence-electron chi connectivity index (χ4n) is 7.29. The Bertz CT molecular complexity index is 2870. The highest BCUT2D eigenvalue weighted by atomic mass is 16.3. The molecule has 0 spiro atoms. The van der Waals surface area contributed by atoms with Crippen molar-refractivity contribution in [2.24, 2.45) is 0 Å². The largest absolute Gasteiger partial charge is 0.456 e. The third kappa shape index (κ3) is 5.63. The summed E-state index contributed by atoms with van der Waals surface area (Å²) in [6.45, 7) is 0. The monoisotopic (exact) mass is 680 g/mol. The van der Waals surface area contributed by atoms with Gasteiger partial charge in [0.25, 0.3) is 0 Å². The van der Waals surface area contributed by atoms with Crippen LogP contribution in [0.5, 0.6) is 0 Å². The van der Waals surface area contributed by atoms with Crippen LogP contribution in [0.1, 0.15) is 0 Å². The van der Waals surface area contributed by atoms with Crippen LogP contribution < -0.4 is 4.90 Å². The first-order chi connectivity index (χ1) is 26.2. The molecule has 0 aliphatic carbocycles. The summed E-state index contributed by atoms with van der Waals surface area (Å²) < 4.78 is 12.7. The van der Waals surface area contributed by atoms with Crippen LogP contribution in [0.25, 0.3) is 77.9 Å². The van der Waals surface area contributed by atoms with Gasteiger partial charge in [0, 0.05) is 45.0 Å². The number of furan rings is 1. The maximum absolute atomic E-state index is 6.34. The van der Waals surface area contributed by atoms with Gasteiger partial charge in [-0.15, -0.1) is 0 Å². The highest BCUT2D eigenvalue weighted by Gasteiger charge is 2.18. The van der Waals surface area contributed by atoms with Crippen molar-refractivity contribution in [3.8, 4) is 44.8 Å². The number of rotatable bonds is 7. The van der Waals surface area contributed by atoms with E-state index in [1.165, 1.54) is 11.1 Å². The van der Waals surface area contributed by atoms with Crippen molar-refractivity contribution in [1.29, 1.82) is 0 Å². The van der Waals surface area contributed by atoms with Crippen molar-refractivity contribution in [2.75, 3.05) is 4.90 Å². The number of oxazole rings is 1. The molecule has 0 amide bonds. The zero-order valence-electron chi connectivity index (χ0n) is 28.7. The second-order valence-corrected chi connectivity index (χ2v) is 13.2. The van der Waals surface area contributed by atoms with Crippen LogP contribution in [-0.2, 0) is 0 Å². The molecule has 8 aromatic carbocycles. The summed E-state index contributed by atoms with van der Waals surface area (Å²) in [5.41, 5.74) is 14.1. The number of nitrogens with zero attached hydrogens (tertiary/aromatic N) is 2. The van der Waals surface area contributed by atoms with E-state index in [1.807, 2.05) is 36.4 Å². The number of anilines is 3. The maximum Gasteiger partial charge on any atom is 0.227 e. The average Bonchev–Trinajstić information content (AvgIpc) is 3.84. The third-order valence-corrected chi connectivity index (χ3v) is 9.93. The van der Waals surface area contributed by atoms with Crippen LogP contribution in [-0.4, -0.2) is 4.98 Å². The van der Waals surface area contributed by atoms with E-state index in [9.17, 15) is 0 Å². The smallest absolute Gasteiger partial charge is 0.227 e. The Balaban J connectivity index is 1.03. The summed E-state index contributed by atoms with van der Waals surface area (Å²) in [5, 5.41) is 2.22. The van der Waals surface area contributed by atoms with Crippen LogP contribution >= 0.6 is 0 Å². The van der Waals surface area contributed by atoms with Gasteiger partial charge >= 0.3 is 0 Å². The second kappa shape index (κ2) is 12.9. The van der Waals surface area contributed by atoms with Gasteiger partial charge in [-0.1, -0.05) is 127 Å². The number of hydrogen-bond acceptors (Lipinski definition) is 4. The summed E-state index contributed by atoms with van der Waals surface area (Å²) in [6.07, 6.45) is 0. The van der Waals surface area contributed by atoms with E-state index in [0.29, 0.717) is 5.89 Å². The van der Waals surface area contributed by atoms with Gasteiger partial charge in [0.05, 0.1) is 0 Å². The molecule has 2 aromatic heterocycles. The van der Waals surface area contributed by atoms with Crippen molar-refractivity contribution < 1.29 is 8.83 Å². The molecule has 0 saturated carbocycles. The highest BCUT2D eigenvalue weighted by Crippen LogP contribution is 2.41. The molecule has 0 N–H and O–H groups in total. The molecule has 53 heavy (non-hydrogen) atoms. The molecule has 10 rings (SSSR count). The van der Waals surface area contributed by atoms with E-state index >= 15 is 0 Å². The lowest BCUT2D eigenvalue weighted by Crippen LogP contribution is -2.10. The van der Waals surface area contributed by atoms with Gasteiger partial charge in [0.15, 0.2) is 5.58 Å². The molecule has 0 atom stereocenters. The first kappa shape index (κ1) is 30.6. The van der Waals surface area contributed by atoms with E-state index < -0.39 is 0 Å². The molecule has 250 valence electrons. The lowest BCUT2D eigenvalue weighted by Gasteiger charge is -2.26. The third-order valence-electron chi connectivity index (χ3n) is 9.93. The molecule has 0 aliphatic heterocycles. The lowest BCUT2D eigenvalue weighted by atomic mass is 10.0. The molecule has 4 heteroatoms. The van der Waals surface area contributed by atoms with Crippen molar-refractivity contribution in [3.05, 3.63) is 194 Å². The Morgan fingerprint density at radius 2 is 0.906 bits per heavy atom. The van der Waals surface area contributed by atoms with Gasteiger partial charge in [0.1, 0.15) is 16.7 Å². The number of para-hydroxylation sites is 2. The quantitative estimate of drug-likeness (QED) is 0.168. The SMILES string of the molecule is c1ccc(-c2ccc(-c3nc4c(-c5ccc(N(c6cccc(-c7ccccc7)c6)c6ccc7c(c6)oc6ccccc67)cc5)cccc4o3)cc2)cc1. The average molecular weight is 681 g/mol. The lowest BCUT2D eigenvalue weighted by molar-refractivity contribution is 0.620. The molecule has 0 unspecified atom stereocenters. The van der Waals surface area contributed by atoms with Gasteiger partial charge in [-0.2, -0.15) is 0 Å². The summed E-state index contributed by atoms with van der Waals surface area (Å²) in [5.74, 6) is 0.606. The van der Waals surface area contributed by atoms with E-state index in [0.717, 1.165) is 77.9 Å². The van der Waals surface area contributed by atoms with Crippen LogP contribution in [0, 0.1) is 0 Å². The highest BCUT2D eigenvalue weighted by molar-refractivity contribution is 6.06. The van der Waals surface area contributed by atoms with Crippen LogP contribution in [0.4, 0.5) is 17.1 Å². The summed E-state index contributed by atoms with van der Waals surface area (Å²) >= 11 is 0. The maximum atomic E-state index is 6.34. The molecular formula is C49H32N2O2. The van der Waals surface area contributed by atoms with Gasteiger partial charge in [-0.25, -0.2) is 4.98 Å². The number of benzene rings is 8. The van der Waals surface area contributed by atoms with E-state index in [4.69, 9.17) is 13.8 Å². The number of fused-ring (bicyclic) bond motifs is 4. The Labute approximate surface area is 306 Å². The molecule has 0 saturated heterocycles. The number of hydrogen-bond donors (Lipinski definition) is 0. The Hall–Kier alpha value is -7.17. The molecule has 4 nitrogen and oxygen atoms in total. The van der Waals surface area contributed by atoms with Crippen molar-refractivity contribution in [1.82, 2.24) is 4.98 Å². The van der Waals surface area contributed by atoms with Crippen molar-refractivity contribution in [2.45, 2.75) is 0 Å². The minimum Gasteiger partial charge on any atom is -0.456 e. The van der Waals surface area contributed by atoms with Gasteiger partial charge in [-0.05, 0) is 88.5 Å². The Morgan fingerprint density at radius 1 is 0.340 bits per heavy atom. The standard InChI is InChI=1S/C49H32N2O2/c1-3-11-33(12-4-1)35-21-23-37(24-22-35)49-50-48-42(18-10-20-46(48)53-49)36-25-27-39(28-26-36)51(40-16-9-15-38(31-40)34-13-5-2-6-14-34)41-29-30-44-43-17-7-8-19-45(43)52-47(44)32-41/h1-32H. The molecule has 0 radical (unpaired) electrons. The minimum absolute atomic E-state index is 0.606. The zero-order valence-corrected chi connectivity index (χ0v) is 28.7. The molecule has 0 bridgehead atoms. The topological polar surface area (TPSA) is 42.4 Å². The van der Waals surface area contributed by atoms with Crippen molar-refractivity contribution >= 4 is 50.1 Å². The van der Waals surface area contributed by atoms with Crippen molar-refractivity contribution in [3.63, 3.8) is 0 Å². The van der Waals surface area contributed by atoms with Gasteiger partial charge in [-0.3, -0.25) is 0 Å². The second-order valence-electron chi connectivity index (χ2n) is 13.2. The molecule has 2 heterocycles. The normalized spacial score (nSPS) is 11.4. The summed E-state index contributed by atoms with van der Waals surface area (Å²) in [7, 11) is 0.